The van der Waals surface area contributed by atoms with Crippen molar-refractivity contribution in [3.05, 3.63) is 0 Å². The van der Waals surface area contributed by atoms with Crippen LogP contribution < -0.4 is 10.0 Å². The summed E-state index contributed by atoms with van der Waals surface area (Å²) in [5.41, 5.74) is 0.00877. The lowest BCUT2D eigenvalue weighted by Gasteiger charge is -2.34. The van der Waals surface area contributed by atoms with Crippen molar-refractivity contribution in [2.24, 2.45) is 5.41 Å². The topological polar surface area (TPSA) is 70.7 Å². The Morgan fingerprint density at radius 3 is 2.52 bits per heavy atom. The van der Waals surface area contributed by atoms with Crippen LogP contribution >= 0.6 is 0 Å². The molecule has 1 fully saturated rings. The van der Waals surface area contributed by atoms with Gasteiger partial charge in [0, 0.05) is 33.4 Å². The standard InChI is InChI=1S/C14H31N3O3S/c1-4-8-15-9-5-10-17(3)21(18,19)16-13-14(2)6-11-20-12-7-14/h15-16H,4-13H2,1-3H3. The van der Waals surface area contributed by atoms with Crippen molar-refractivity contribution in [1.82, 2.24) is 14.3 Å². The molecule has 0 amide bonds. The highest BCUT2D eigenvalue weighted by atomic mass is 32.2. The van der Waals surface area contributed by atoms with Crippen LogP contribution in [-0.4, -0.2) is 59.2 Å². The van der Waals surface area contributed by atoms with Gasteiger partial charge in [0.15, 0.2) is 0 Å². The smallest absolute Gasteiger partial charge is 0.279 e. The molecule has 0 bridgehead atoms. The van der Waals surface area contributed by atoms with Gasteiger partial charge in [0.25, 0.3) is 10.2 Å². The lowest BCUT2D eigenvalue weighted by molar-refractivity contribution is 0.0263. The third kappa shape index (κ3) is 7.06. The van der Waals surface area contributed by atoms with Crippen molar-refractivity contribution in [3.8, 4) is 0 Å². The molecule has 0 unspecified atom stereocenters. The maximum Gasteiger partial charge on any atom is 0.279 e. The van der Waals surface area contributed by atoms with Crippen molar-refractivity contribution in [2.75, 3.05) is 46.4 Å². The van der Waals surface area contributed by atoms with Crippen LogP contribution in [0.15, 0.2) is 0 Å². The van der Waals surface area contributed by atoms with E-state index in [0.29, 0.717) is 13.1 Å². The minimum absolute atomic E-state index is 0.00877. The summed E-state index contributed by atoms with van der Waals surface area (Å²) >= 11 is 0. The Bertz CT molecular complexity index is 381. The summed E-state index contributed by atoms with van der Waals surface area (Å²) < 4.78 is 33.9. The van der Waals surface area contributed by atoms with Gasteiger partial charge in [0.05, 0.1) is 0 Å². The molecule has 1 aliphatic rings. The molecule has 1 heterocycles. The van der Waals surface area contributed by atoms with Crippen molar-refractivity contribution < 1.29 is 13.2 Å². The van der Waals surface area contributed by atoms with Gasteiger partial charge >= 0.3 is 0 Å². The minimum atomic E-state index is -3.38. The van der Waals surface area contributed by atoms with Crippen LogP contribution in [0.3, 0.4) is 0 Å². The molecular formula is C14H31N3O3S. The molecule has 21 heavy (non-hydrogen) atoms. The first kappa shape index (κ1) is 18.8. The Hall–Kier alpha value is -0.210. The van der Waals surface area contributed by atoms with Crippen LogP contribution in [0.5, 0.6) is 0 Å². The molecule has 0 atom stereocenters. The molecular weight excluding hydrogens is 290 g/mol. The summed E-state index contributed by atoms with van der Waals surface area (Å²) in [5.74, 6) is 0. The second-order valence-corrected chi connectivity index (χ2v) is 8.04. The average molecular weight is 321 g/mol. The predicted octanol–water partition coefficient (Wildman–Crippen LogP) is 0.959. The summed E-state index contributed by atoms with van der Waals surface area (Å²) in [6, 6.07) is 0. The molecule has 7 heteroatoms. The first-order chi connectivity index (χ1) is 9.90. The highest BCUT2D eigenvalue weighted by Gasteiger charge is 2.29. The first-order valence-electron chi connectivity index (χ1n) is 7.89. The second kappa shape index (κ2) is 9.05. The first-order valence-corrected chi connectivity index (χ1v) is 9.33. The third-order valence-corrected chi connectivity index (χ3v) is 5.56. The second-order valence-electron chi connectivity index (χ2n) is 6.17. The SMILES string of the molecule is CCCNCCCN(C)S(=O)(=O)NCC1(C)CCOCC1. The van der Waals surface area contributed by atoms with E-state index in [2.05, 4.69) is 23.9 Å². The number of hydrogen-bond acceptors (Lipinski definition) is 4. The quantitative estimate of drug-likeness (QED) is 0.588. The van der Waals surface area contributed by atoms with Gasteiger partial charge in [-0.1, -0.05) is 13.8 Å². The van der Waals surface area contributed by atoms with E-state index in [1.807, 2.05) is 0 Å². The van der Waals surface area contributed by atoms with Gasteiger partial charge in [-0.3, -0.25) is 0 Å². The maximum atomic E-state index is 12.2. The molecule has 1 aliphatic heterocycles. The fraction of sp³-hybridized carbons (Fsp3) is 1.00. The average Bonchev–Trinajstić information content (AvgIpc) is 2.46. The van der Waals surface area contributed by atoms with Crippen molar-refractivity contribution >= 4 is 10.2 Å². The summed E-state index contributed by atoms with van der Waals surface area (Å²) in [6.45, 7) is 8.52. The predicted molar refractivity (Wildman–Crippen MR) is 85.5 cm³/mol. The summed E-state index contributed by atoms with van der Waals surface area (Å²) in [7, 11) is -1.74. The monoisotopic (exact) mass is 321 g/mol. The number of rotatable bonds is 10. The third-order valence-electron chi connectivity index (χ3n) is 4.04. The highest BCUT2D eigenvalue weighted by Crippen LogP contribution is 2.28. The molecule has 0 aromatic heterocycles. The van der Waals surface area contributed by atoms with E-state index in [0.717, 1.165) is 52.0 Å². The van der Waals surface area contributed by atoms with E-state index in [1.165, 1.54) is 4.31 Å². The number of nitrogens with one attached hydrogen (secondary N) is 2. The Kier molecular flexibility index (Phi) is 8.12. The molecule has 0 aromatic carbocycles. The van der Waals surface area contributed by atoms with E-state index in [-0.39, 0.29) is 5.41 Å². The summed E-state index contributed by atoms with van der Waals surface area (Å²) in [5, 5.41) is 3.28. The molecule has 126 valence electrons. The van der Waals surface area contributed by atoms with Gasteiger partial charge in [-0.2, -0.15) is 12.7 Å². The van der Waals surface area contributed by atoms with Crippen LogP contribution in [0.25, 0.3) is 0 Å². The minimum Gasteiger partial charge on any atom is -0.381 e. The molecule has 0 saturated carbocycles. The van der Waals surface area contributed by atoms with Gasteiger partial charge in [-0.15, -0.1) is 0 Å². The van der Waals surface area contributed by atoms with Crippen molar-refractivity contribution in [1.29, 1.82) is 0 Å². The molecule has 0 radical (unpaired) electrons. The maximum absolute atomic E-state index is 12.2. The molecule has 0 aromatic rings. The van der Waals surface area contributed by atoms with E-state index in [4.69, 9.17) is 4.74 Å². The van der Waals surface area contributed by atoms with Crippen LogP contribution in [0.2, 0.25) is 0 Å². The van der Waals surface area contributed by atoms with E-state index in [1.54, 1.807) is 7.05 Å². The lowest BCUT2D eigenvalue weighted by Crippen LogP contribution is -2.45. The molecule has 6 nitrogen and oxygen atoms in total. The lowest BCUT2D eigenvalue weighted by atomic mass is 9.83. The number of nitrogens with zero attached hydrogens (tertiary/aromatic N) is 1. The number of ether oxygens (including phenoxy) is 1. The molecule has 1 saturated heterocycles. The zero-order chi connectivity index (χ0) is 15.8. The highest BCUT2D eigenvalue weighted by molar-refractivity contribution is 7.87. The summed E-state index contributed by atoms with van der Waals surface area (Å²) in [4.78, 5) is 0. The van der Waals surface area contributed by atoms with Gasteiger partial charge < -0.3 is 10.1 Å². The van der Waals surface area contributed by atoms with Crippen LogP contribution in [0.1, 0.15) is 39.5 Å². The Balaban J connectivity index is 2.30. The van der Waals surface area contributed by atoms with E-state index < -0.39 is 10.2 Å². The fourth-order valence-corrected chi connectivity index (χ4v) is 3.39. The van der Waals surface area contributed by atoms with Crippen LogP contribution in [0.4, 0.5) is 0 Å². The van der Waals surface area contributed by atoms with Crippen molar-refractivity contribution in [2.45, 2.75) is 39.5 Å². The Morgan fingerprint density at radius 1 is 1.24 bits per heavy atom. The Labute approximate surface area is 129 Å². The van der Waals surface area contributed by atoms with Crippen LogP contribution in [0, 0.1) is 5.41 Å². The molecule has 1 rings (SSSR count). The zero-order valence-corrected chi connectivity index (χ0v) is 14.5. The molecule has 0 aliphatic carbocycles. The summed E-state index contributed by atoms with van der Waals surface area (Å²) in [6.07, 6.45) is 3.72. The van der Waals surface area contributed by atoms with Crippen molar-refractivity contribution in [3.63, 3.8) is 0 Å². The largest absolute Gasteiger partial charge is 0.381 e. The van der Waals surface area contributed by atoms with Gasteiger partial charge in [0.1, 0.15) is 0 Å². The van der Waals surface area contributed by atoms with Gasteiger partial charge in [-0.05, 0) is 44.2 Å². The van der Waals surface area contributed by atoms with E-state index in [9.17, 15) is 8.42 Å². The van der Waals surface area contributed by atoms with Gasteiger partial charge in [-0.25, -0.2) is 4.72 Å². The number of hydrogen-bond donors (Lipinski definition) is 2. The zero-order valence-electron chi connectivity index (χ0n) is 13.7. The normalized spacial score (nSPS) is 19.0. The van der Waals surface area contributed by atoms with Crippen LogP contribution in [-0.2, 0) is 14.9 Å². The Morgan fingerprint density at radius 2 is 1.90 bits per heavy atom. The fourth-order valence-electron chi connectivity index (χ4n) is 2.27. The van der Waals surface area contributed by atoms with E-state index >= 15 is 0 Å². The molecule has 0 spiro atoms. The molecule has 2 N–H and O–H groups in total. The van der Waals surface area contributed by atoms with Gasteiger partial charge in [0.2, 0.25) is 0 Å².